The number of hydrogen-bond donors (Lipinski definition) is 3. The van der Waals surface area contributed by atoms with Gasteiger partial charge in [-0.3, -0.25) is 9.59 Å². The number of nitrogens with one attached hydrogen (secondary N) is 2. The van der Waals surface area contributed by atoms with E-state index in [1.807, 2.05) is 27.7 Å². The molecular formula is C23H37N3O5. The van der Waals surface area contributed by atoms with E-state index < -0.39 is 29.7 Å². The molecule has 3 N–H and O–H groups in total. The molecule has 0 saturated carbocycles. The van der Waals surface area contributed by atoms with Crippen molar-refractivity contribution in [3.63, 3.8) is 0 Å². The number of alkyl carbamates (subject to hydrolysis) is 1. The van der Waals surface area contributed by atoms with Gasteiger partial charge in [-0.15, -0.1) is 0 Å². The molecule has 0 aliphatic carbocycles. The zero-order chi connectivity index (χ0) is 23.9. The monoisotopic (exact) mass is 435 g/mol. The van der Waals surface area contributed by atoms with Gasteiger partial charge in [-0.1, -0.05) is 19.1 Å². The molecule has 0 saturated heterocycles. The summed E-state index contributed by atoms with van der Waals surface area (Å²) in [5.41, 5.74) is -0.135. The molecule has 0 fully saturated rings. The number of aromatic hydroxyl groups is 1. The topological polar surface area (TPSA) is 108 Å². The SMILES string of the molecule is CCC(C)N(C(=O)C(C)NC(=O)OC(C)(C)C)C(C(=O)NC(C)C)c1ccc(O)cc1. The molecular weight excluding hydrogens is 398 g/mol. The van der Waals surface area contributed by atoms with Crippen LogP contribution in [0, 0.1) is 0 Å². The third kappa shape index (κ3) is 8.11. The summed E-state index contributed by atoms with van der Waals surface area (Å²) in [5, 5.41) is 15.1. The number of hydrogen-bond acceptors (Lipinski definition) is 5. The van der Waals surface area contributed by atoms with Gasteiger partial charge < -0.3 is 25.4 Å². The average Bonchev–Trinajstić information content (AvgIpc) is 2.63. The molecule has 0 aromatic heterocycles. The van der Waals surface area contributed by atoms with E-state index in [-0.39, 0.29) is 23.7 Å². The van der Waals surface area contributed by atoms with Crippen molar-refractivity contribution in [2.45, 2.75) is 91.6 Å². The van der Waals surface area contributed by atoms with Crippen molar-refractivity contribution in [3.05, 3.63) is 29.8 Å². The number of phenolic OH excluding ortho intramolecular Hbond substituents is 1. The van der Waals surface area contributed by atoms with Crippen LogP contribution in [0.1, 0.15) is 73.4 Å². The standard InChI is InChI=1S/C23H37N3O5/c1-9-15(4)26(21(29)16(5)25-22(30)31-23(6,7)8)19(20(28)24-14(2)3)17-10-12-18(27)13-11-17/h10-16,19,27H,9H2,1-8H3,(H,24,28)(H,25,30). The maximum atomic E-state index is 13.4. The van der Waals surface area contributed by atoms with Crippen LogP contribution in [-0.2, 0) is 14.3 Å². The summed E-state index contributed by atoms with van der Waals surface area (Å²) in [4.78, 5) is 40.3. The fraction of sp³-hybridized carbons (Fsp3) is 0.609. The molecule has 8 heteroatoms. The van der Waals surface area contributed by atoms with Crippen LogP contribution in [0.4, 0.5) is 4.79 Å². The molecule has 1 aromatic carbocycles. The molecule has 3 atom stereocenters. The highest BCUT2D eigenvalue weighted by Gasteiger charge is 2.37. The van der Waals surface area contributed by atoms with Crippen molar-refractivity contribution in [1.82, 2.24) is 15.5 Å². The summed E-state index contributed by atoms with van der Waals surface area (Å²) in [5.74, 6) is -0.677. The minimum Gasteiger partial charge on any atom is -0.508 e. The summed E-state index contributed by atoms with van der Waals surface area (Å²) in [6.45, 7) is 14.2. The lowest BCUT2D eigenvalue weighted by atomic mass is 10.00. The first-order valence-electron chi connectivity index (χ1n) is 10.7. The Hall–Kier alpha value is -2.77. The molecule has 0 spiro atoms. The number of carbonyl (C=O) groups is 3. The fourth-order valence-electron chi connectivity index (χ4n) is 3.02. The summed E-state index contributed by atoms with van der Waals surface area (Å²) >= 11 is 0. The molecule has 31 heavy (non-hydrogen) atoms. The third-order valence-corrected chi connectivity index (χ3v) is 4.59. The first-order chi connectivity index (χ1) is 14.3. The summed E-state index contributed by atoms with van der Waals surface area (Å²) in [6.07, 6.45) is -0.0979. The molecule has 0 aliphatic rings. The summed E-state index contributed by atoms with van der Waals surface area (Å²) in [6, 6.07) is 3.96. The Morgan fingerprint density at radius 3 is 2.03 bits per heavy atom. The van der Waals surface area contributed by atoms with Crippen LogP contribution in [-0.4, -0.2) is 51.6 Å². The van der Waals surface area contributed by atoms with Gasteiger partial charge in [0.1, 0.15) is 23.4 Å². The van der Waals surface area contributed by atoms with Gasteiger partial charge in [0.15, 0.2) is 0 Å². The molecule has 0 heterocycles. The van der Waals surface area contributed by atoms with E-state index in [1.165, 1.54) is 17.0 Å². The van der Waals surface area contributed by atoms with Gasteiger partial charge in [-0.25, -0.2) is 4.79 Å². The molecule has 3 unspecified atom stereocenters. The van der Waals surface area contributed by atoms with Gasteiger partial charge in [-0.2, -0.15) is 0 Å². The van der Waals surface area contributed by atoms with Crippen molar-refractivity contribution in [3.8, 4) is 5.75 Å². The zero-order valence-electron chi connectivity index (χ0n) is 19.9. The van der Waals surface area contributed by atoms with Crippen LogP contribution < -0.4 is 10.6 Å². The molecule has 1 aromatic rings. The van der Waals surface area contributed by atoms with E-state index in [4.69, 9.17) is 4.74 Å². The van der Waals surface area contributed by atoms with Gasteiger partial charge in [-0.05, 0) is 72.6 Å². The van der Waals surface area contributed by atoms with Crippen molar-refractivity contribution in [2.75, 3.05) is 0 Å². The van der Waals surface area contributed by atoms with Crippen molar-refractivity contribution >= 4 is 17.9 Å². The van der Waals surface area contributed by atoms with Crippen LogP contribution in [0.5, 0.6) is 5.75 Å². The highest BCUT2D eigenvalue weighted by molar-refractivity contribution is 5.92. The van der Waals surface area contributed by atoms with Gasteiger partial charge in [0.2, 0.25) is 11.8 Å². The van der Waals surface area contributed by atoms with E-state index in [1.54, 1.807) is 39.8 Å². The van der Waals surface area contributed by atoms with Crippen molar-refractivity contribution in [2.24, 2.45) is 0 Å². The van der Waals surface area contributed by atoms with E-state index >= 15 is 0 Å². The van der Waals surface area contributed by atoms with E-state index in [9.17, 15) is 19.5 Å². The Kier molecular flexibility index (Phi) is 9.34. The number of rotatable bonds is 8. The predicted molar refractivity (Wildman–Crippen MR) is 120 cm³/mol. The highest BCUT2D eigenvalue weighted by Crippen LogP contribution is 2.27. The number of nitrogens with zero attached hydrogens (tertiary/aromatic N) is 1. The van der Waals surface area contributed by atoms with Crippen molar-refractivity contribution < 1.29 is 24.2 Å². The Morgan fingerprint density at radius 1 is 1.03 bits per heavy atom. The molecule has 8 nitrogen and oxygen atoms in total. The zero-order valence-corrected chi connectivity index (χ0v) is 19.9. The largest absolute Gasteiger partial charge is 0.508 e. The maximum Gasteiger partial charge on any atom is 0.408 e. The average molecular weight is 436 g/mol. The highest BCUT2D eigenvalue weighted by atomic mass is 16.6. The van der Waals surface area contributed by atoms with Gasteiger partial charge in [0.25, 0.3) is 0 Å². The lowest BCUT2D eigenvalue weighted by Gasteiger charge is -2.38. The van der Waals surface area contributed by atoms with E-state index in [0.717, 1.165) is 0 Å². The maximum absolute atomic E-state index is 13.4. The molecule has 0 bridgehead atoms. The first-order valence-corrected chi connectivity index (χ1v) is 10.7. The number of benzene rings is 1. The second-order valence-corrected chi connectivity index (χ2v) is 9.03. The van der Waals surface area contributed by atoms with E-state index in [0.29, 0.717) is 12.0 Å². The molecule has 3 amide bonds. The Bertz CT molecular complexity index is 755. The number of amides is 3. The van der Waals surface area contributed by atoms with Crippen LogP contribution in [0.2, 0.25) is 0 Å². The smallest absolute Gasteiger partial charge is 0.408 e. The predicted octanol–water partition coefficient (Wildman–Crippen LogP) is 3.50. The second-order valence-electron chi connectivity index (χ2n) is 9.03. The van der Waals surface area contributed by atoms with Crippen LogP contribution in [0.3, 0.4) is 0 Å². The first kappa shape index (κ1) is 26.3. The number of carbonyl (C=O) groups excluding carboxylic acids is 3. The van der Waals surface area contributed by atoms with Crippen LogP contribution >= 0.6 is 0 Å². The summed E-state index contributed by atoms with van der Waals surface area (Å²) in [7, 11) is 0. The molecule has 0 radical (unpaired) electrons. The van der Waals surface area contributed by atoms with E-state index in [2.05, 4.69) is 10.6 Å². The normalized spacial score (nSPS) is 14.4. The molecule has 0 aliphatic heterocycles. The minimum atomic E-state index is -0.923. The Morgan fingerprint density at radius 2 is 1.58 bits per heavy atom. The van der Waals surface area contributed by atoms with Gasteiger partial charge >= 0.3 is 6.09 Å². The Labute approximate surface area is 185 Å². The molecule has 1 rings (SSSR count). The second kappa shape index (κ2) is 11.0. The van der Waals surface area contributed by atoms with Gasteiger partial charge in [0.05, 0.1) is 0 Å². The minimum absolute atomic E-state index is 0.0631. The number of ether oxygens (including phenoxy) is 1. The third-order valence-electron chi connectivity index (χ3n) is 4.59. The summed E-state index contributed by atoms with van der Waals surface area (Å²) < 4.78 is 5.26. The quantitative estimate of drug-likeness (QED) is 0.579. The lowest BCUT2D eigenvalue weighted by Crippen LogP contribution is -2.55. The Balaban J connectivity index is 3.31. The van der Waals surface area contributed by atoms with Crippen molar-refractivity contribution in [1.29, 1.82) is 0 Å². The van der Waals surface area contributed by atoms with Crippen LogP contribution in [0.25, 0.3) is 0 Å². The van der Waals surface area contributed by atoms with Crippen LogP contribution in [0.15, 0.2) is 24.3 Å². The van der Waals surface area contributed by atoms with Gasteiger partial charge in [0, 0.05) is 12.1 Å². The fourth-order valence-corrected chi connectivity index (χ4v) is 3.02. The number of phenols is 1. The molecule has 174 valence electrons. The lowest BCUT2D eigenvalue weighted by molar-refractivity contribution is -0.145.